The smallest absolute Gasteiger partial charge is 0.220 e. The second kappa shape index (κ2) is 8.54. The molecule has 0 radical (unpaired) electrons. The lowest BCUT2D eigenvalue weighted by Crippen LogP contribution is -2.39. The number of amides is 1. The summed E-state index contributed by atoms with van der Waals surface area (Å²) in [7, 11) is 4.03. The summed E-state index contributed by atoms with van der Waals surface area (Å²) in [5.74, 6) is 0.660. The van der Waals surface area contributed by atoms with Crippen molar-refractivity contribution in [3.05, 3.63) is 0 Å². The van der Waals surface area contributed by atoms with Crippen LogP contribution in [0.15, 0.2) is 0 Å². The highest BCUT2D eigenvalue weighted by Crippen LogP contribution is 2.31. The Morgan fingerprint density at radius 2 is 1.84 bits per heavy atom. The van der Waals surface area contributed by atoms with Gasteiger partial charge in [0, 0.05) is 19.0 Å². The molecule has 0 spiro atoms. The van der Waals surface area contributed by atoms with Gasteiger partial charge in [0.15, 0.2) is 0 Å². The van der Waals surface area contributed by atoms with Gasteiger partial charge in [0.2, 0.25) is 5.91 Å². The van der Waals surface area contributed by atoms with Gasteiger partial charge >= 0.3 is 0 Å². The van der Waals surface area contributed by atoms with Crippen molar-refractivity contribution in [1.29, 1.82) is 0 Å². The summed E-state index contributed by atoms with van der Waals surface area (Å²) in [5, 5.41) is 3.05. The van der Waals surface area contributed by atoms with Crippen molar-refractivity contribution in [3.8, 4) is 0 Å². The molecule has 4 nitrogen and oxygen atoms in total. The molecule has 0 aromatic carbocycles. The molecule has 0 aliphatic heterocycles. The number of nitrogens with two attached hydrogens (primary N) is 1. The number of hydrogen-bond acceptors (Lipinski definition) is 3. The summed E-state index contributed by atoms with van der Waals surface area (Å²) in [6, 6.07) is 0.199. The van der Waals surface area contributed by atoms with Crippen molar-refractivity contribution in [1.82, 2.24) is 10.2 Å². The number of nitrogens with zero attached hydrogens (tertiary/aromatic N) is 1. The van der Waals surface area contributed by atoms with E-state index in [0.29, 0.717) is 18.9 Å². The molecule has 0 fully saturated rings. The number of nitrogens with one attached hydrogen (secondary N) is 1. The Balaban J connectivity index is 4.12. The van der Waals surface area contributed by atoms with Crippen molar-refractivity contribution in [2.45, 2.75) is 53.0 Å². The SMILES string of the molecule is CC(CN(C)C)NC(=O)CCC(CCN)C(C)(C)C. The van der Waals surface area contributed by atoms with E-state index in [1.54, 1.807) is 0 Å². The van der Waals surface area contributed by atoms with Crippen LogP contribution in [0.3, 0.4) is 0 Å². The van der Waals surface area contributed by atoms with Gasteiger partial charge in [0.25, 0.3) is 0 Å². The molecule has 4 heteroatoms. The molecule has 2 atom stereocenters. The minimum atomic E-state index is 0.153. The molecule has 0 bridgehead atoms. The topological polar surface area (TPSA) is 58.4 Å². The fourth-order valence-electron chi connectivity index (χ4n) is 2.46. The minimum Gasteiger partial charge on any atom is -0.352 e. The van der Waals surface area contributed by atoms with Crippen molar-refractivity contribution in [2.75, 3.05) is 27.2 Å². The van der Waals surface area contributed by atoms with Crippen LogP contribution in [0.1, 0.15) is 47.0 Å². The van der Waals surface area contributed by atoms with E-state index in [1.807, 2.05) is 21.0 Å². The van der Waals surface area contributed by atoms with Crippen LogP contribution in [-0.2, 0) is 4.79 Å². The Labute approximate surface area is 119 Å². The first-order valence-corrected chi connectivity index (χ1v) is 7.31. The first-order chi connectivity index (χ1) is 8.66. The van der Waals surface area contributed by atoms with Crippen LogP contribution in [0.4, 0.5) is 0 Å². The third kappa shape index (κ3) is 9.00. The molecule has 0 saturated carbocycles. The standard InChI is InChI=1S/C15H33N3O/c1-12(11-18(5)6)17-14(19)8-7-13(9-10-16)15(2,3)4/h12-13H,7-11,16H2,1-6H3,(H,17,19). The van der Waals surface area contributed by atoms with E-state index in [4.69, 9.17) is 5.73 Å². The number of likely N-dealkylation sites (N-methyl/N-ethyl adjacent to an activating group) is 1. The molecule has 0 rings (SSSR count). The Morgan fingerprint density at radius 1 is 1.26 bits per heavy atom. The molecule has 2 unspecified atom stereocenters. The monoisotopic (exact) mass is 271 g/mol. The van der Waals surface area contributed by atoms with Gasteiger partial charge < -0.3 is 16.0 Å². The molecule has 19 heavy (non-hydrogen) atoms. The van der Waals surface area contributed by atoms with Gasteiger partial charge in [-0.25, -0.2) is 0 Å². The molecule has 1 amide bonds. The molecule has 114 valence electrons. The third-order valence-corrected chi connectivity index (χ3v) is 3.51. The average molecular weight is 271 g/mol. The van der Waals surface area contributed by atoms with Crippen LogP contribution >= 0.6 is 0 Å². The Bertz CT molecular complexity index is 259. The van der Waals surface area contributed by atoms with Crippen LogP contribution in [-0.4, -0.2) is 44.0 Å². The van der Waals surface area contributed by atoms with Gasteiger partial charge in [-0.1, -0.05) is 20.8 Å². The minimum absolute atomic E-state index is 0.153. The third-order valence-electron chi connectivity index (χ3n) is 3.51. The Kier molecular flexibility index (Phi) is 8.26. The lowest BCUT2D eigenvalue weighted by atomic mass is 9.76. The van der Waals surface area contributed by atoms with Gasteiger partial charge in [0.05, 0.1) is 0 Å². The molecular formula is C15H33N3O. The molecule has 0 aromatic heterocycles. The molecule has 0 saturated heterocycles. The zero-order valence-electron chi connectivity index (χ0n) is 13.6. The van der Waals surface area contributed by atoms with Crippen LogP contribution in [0, 0.1) is 11.3 Å². The summed E-state index contributed by atoms with van der Waals surface area (Å²) >= 11 is 0. The summed E-state index contributed by atoms with van der Waals surface area (Å²) in [6.45, 7) is 10.3. The maximum absolute atomic E-state index is 11.9. The van der Waals surface area contributed by atoms with Crippen LogP contribution in [0.25, 0.3) is 0 Å². The second-order valence-electron chi connectivity index (χ2n) is 6.91. The van der Waals surface area contributed by atoms with E-state index in [9.17, 15) is 4.79 Å². The van der Waals surface area contributed by atoms with E-state index in [-0.39, 0.29) is 17.4 Å². The van der Waals surface area contributed by atoms with Gasteiger partial charge in [-0.2, -0.15) is 0 Å². The van der Waals surface area contributed by atoms with Gasteiger partial charge in [-0.15, -0.1) is 0 Å². The van der Waals surface area contributed by atoms with Crippen molar-refractivity contribution < 1.29 is 4.79 Å². The normalized spacial score (nSPS) is 15.4. The molecule has 0 heterocycles. The van der Waals surface area contributed by atoms with E-state index < -0.39 is 0 Å². The van der Waals surface area contributed by atoms with Crippen molar-refractivity contribution in [2.24, 2.45) is 17.1 Å². The number of hydrogen-bond donors (Lipinski definition) is 2. The van der Waals surface area contributed by atoms with Crippen LogP contribution in [0.5, 0.6) is 0 Å². The lowest BCUT2D eigenvalue weighted by Gasteiger charge is -2.30. The number of carbonyl (C=O) groups excluding carboxylic acids is 1. The zero-order chi connectivity index (χ0) is 15.1. The number of rotatable bonds is 8. The second-order valence-corrected chi connectivity index (χ2v) is 6.91. The molecular weight excluding hydrogens is 238 g/mol. The van der Waals surface area contributed by atoms with E-state index >= 15 is 0 Å². The van der Waals surface area contributed by atoms with Crippen LogP contribution in [0.2, 0.25) is 0 Å². The van der Waals surface area contributed by atoms with E-state index in [0.717, 1.165) is 19.4 Å². The van der Waals surface area contributed by atoms with Crippen molar-refractivity contribution >= 4 is 5.91 Å². The van der Waals surface area contributed by atoms with Crippen molar-refractivity contribution in [3.63, 3.8) is 0 Å². The lowest BCUT2D eigenvalue weighted by molar-refractivity contribution is -0.122. The van der Waals surface area contributed by atoms with Crippen LogP contribution < -0.4 is 11.1 Å². The highest BCUT2D eigenvalue weighted by atomic mass is 16.1. The summed E-state index contributed by atoms with van der Waals surface area (Å²) < 4.78 is 0. The first kappa shape index (κ1) is 18.4. The van der Waals surface area contributed by atoms with E-state index in [2.05, 4.69) is 31.0 Å². The van der Waals surface area contributed by atoms with Gasteiger partial charge in [-0.05, 0) is 51.7 Å². The summed E-state index contributed by atoms with van der Waals surface area (Å²) in [6.07, 6.45) is 2.50. The van der Waals surface area contributed by atoms with Gasteiger partial charge in [0.1, 0.15) is 0 Å². The predicted molar refractivity (Wildman–Crippen MR) is 82.0 cm³/mol. The highest BCUT2D eigenvalue weighted by molar-refractivity contribution is 5.76. The van der Waals surface area contributed by atoms with E-state index in [1.165, 1.54) is 0 Å². The average Bonchev–Trinajstić information content (AvgIpc) is 2.20. The predicted octanol–water partition coefficient (Wildman–Crippen LogP) is 1.84. The summed E-state index contributed by atoms with van der Waals surface area (Å²) in [5.41, 5.74) is 5.88. The Morgan fingerprint density at radius 3 is 2.26 bits per heavy atom. The largest absolute Gasteiger partial charge is 0.352 e. The zero-order valence-corrected chi connectivity index (χ0v) is 13.6. The highest BCUT2D eigenvalue weighted by Gasteiger charge is 2.24. The molecule has 0 aromatic rings. The quantitative estimate of drug-likeness (QED) is 0.708. The number of carbonyl (C=O) groups is 1. The van der Waals surface area contributed by atoms with Gasteiger partial charge in [-0.3, -0.25) is 4.79 Å². The maximum atomic E-state index is 11.9. The molecule has 0 aliphatic rings. The summed E-state index contributed by atoms with van der Waals surface area (Å²) in [4.78, 5) is 14.0. The Hall–Kier alpha value is -0.610. The first-order valence-electron chi connectivity index (χ1n) is 7.31. The maximum Gasteiger partial charge on any atom is 0.220 e. The molecule has 3 N–H and O–H groups in total. The fraction of sp³-hybridized carbons (Fsp3) is 0.933. The molecule has 0 aliphatic carbocycles. The fourth-order valence-corrected chi connectivity index (χ4v) is 2.46.